The van der Waals surface area contributed by atoms with Crippen molar-refractivity contribution in [1.29, 1.82) is 0 Å². The van der Waals surface area contributed by atoms with Crippen molar-refractivity contribution in [3.05, 3.63) is 74.1 Å². The fourth-order valence-corrected chi connectivity index (χ4v) is 4.34. The second kappa shape index (κ2) is 9.54. The van der Waals surface area contributed by atoms with Crippen molar-refractivity contribution in [2.75, 3.05) is 14.2 Å². The molecule has 1 unspecified atom stereocenters. The van der Waals surface area contributed by atoms with Crippen LogP contribution < -0.4 is 14.8 Å². The van der Waals surface area contributed by atoms with Crippen LogP contribution in [0.5, 0.6) is 11.5 Å². The van der Waals surface area contributed by atoms with Crippen molar-refractivity contribution in [3.8, 4) is 11.5 Å². The highest BCUT2D eigenvalue weighted by molar-refractivity contribution is 7.12. The minimum Gasteiger partial charge on any atom is -0.493 e. The second-order valence-corrected chi connectivity index (χ2v) is 8.07. The van der Waals surface area contributed by atoms with E-state index in [-0.39, 0.29) is 5.91 Å². The topological polar surface area (TPSA) is 67.8 Å². The Labute approximate surface area is 171 Å². The zero-order valence-corrected chi connectivity index (χ0v) is 17.2. The van der Waals surface area contributed by atoms with Crippen LogP contribution in [0.1, 0.15) is 26.3 Å². The molecule has 0 saturated carbocycles. The molecule has 1 amide bonds. The summed E-state index contributed by atoms with van der Waals surface area (Å²) in [6, 6.07) is 13.1. The number of thiophene rings is 2. The smallest absolute Gasteiger partial charge is 0.244 e. The number of benzene rings is 1. The lowest BCUT2D eigenvalue weighted by atomic mass is 10.2. The monoisotopic (exact) mass is 415 g/mol. The van der Waals surface area contributed by atoms with E-state index in [0.717, 1.165) is 20.2 Å². The summed E-state index contributed by atoms with van der Waals surface area (Å²) >= 11 is 3.02. The minimum absolute atomic E-state index is 0.191. The molecule has 2 heterocycles. The van der Waals surface area contributed by atoms with E-state index < -0.39 is 6.10 Å². The summed E-state index contributed by atoms with van der Waals surface area (Å²) < 4.78 is 10.5. The molecular weight excluding hydrogens is 394 g/mol. The van der Waals surface area contributed by atoms with Gasteiger partial charge < -0.3 is 19.9 Å². The summed E-state index contributed by atoms with van der Waals surface area (Å²) in [6.07, 6.45) is 2.59. The lowest BCUT2D eigenvalue weighted by Crippen LogP contribution is -2.19. The molecule has 146 valence electrons. The Morgan fingerprint density at radius 1 is 1.14 bits per heavy atom. The predicted molar refractivity (Wildman–Crippen MR) is 113 cm³/mol. The molecule has 0 spiro atoms. The molecule has 0 aliphatic heterocycles. The summed E-state index contributed by atoms with van der Waals surface area (Å²) in [5.74, 6) is 1.06. The van der Waals surface area contributed by atoms with Gasteiger partial charge in [-0.2, -0.15) is 0 Å². The van der Waals surface area contributed by atoms with Crippen molar-refractivity contribution in [3.63, 3.8) is 0 Å². The van der Waals surface area contributed by atoms with E-state index in [4.69, 9.17) is 9.47 Å². The summed E-state index contributed by atoms with van der Waals surface area (Å²) in [4.78, 5) is 14.9. The molecule has 5 nitrogen and oxygen atoms in total. The summed E-state index contributed by atoms with van der Waals surface area (Å²) in [6.45, 7) is 0.414. The minimum atomic E-state index is -0.612. The molecule has 0 saturated heterocycles. The van der Waals surface area contributed by atoms with Gasteiger partial charge in [0, 0.05) is 20.7 Å². The number of ether oxygens (including phenoxy) is 2. The highest BCUT2D eigenvalue weighted by Gasteiger charge is 2.14. The van der Waals surface area contributed by atoms with Crippen LogP contribution in [0.15, 0.2) is 53.9 Å². The van der Waals surface area contributed by atoms with Gasteiger partial charge in [-0.25, -0.2) is 0 Å². The SMILES string of the molecule is COc1ccc(/C=C/C(=O)NCc2ccc(C(O)c3cccs3)s2)cc1OC. The number of nitrogens with one attached hydrogen (secondary N) is 1. The molecule has 2 aromatic heterocycles. The van der Waals surface area contributed by atoms with Gasteiger partial charge in [-0.1, -0.05) is 12.1 Å². The van der Waals surface area contributed by atoms with E-state index in [1.807, 2.05) is 35.7 Å². The first-order chi connectivity index (χ1) is 13.6. The van der Waals surface area contributed by atoms with Crippen LogP contribution in [-0.4, -0.2) is 25.2 Å². The van der Waals surface area contributed by atoms with Crippen LogP contribution in [0.3, 0.4) is 0 Å². The Morgan fingerprint density at radius 3 is 2.68 bits per heavy atom. The average Bonchev–Trinajstić information content (AvgIpc) is 3.42. The zero-order valence-electron chi connectivity index (χ0n) is 15.5. The van der Waals surface area contributed by atoms with Crippen LogP contribution in [0.4, 0.5) is 0 Å². The number of rotatable bonds is 8. The highest BCUT2D eigenvalue weighted by Crippen LogP contribution is 2.31. The van der Waals surface area contributed by atoms with Crippen LogP contribution in [0.25, 0.3) is 6.08 Å². The fourth-order valence-electron chi connectivity index (χ4n) is 2.59. The van der Waals surface area contributed by atoms with E-state index in [2.05, 4.69) is 5.32 Å². The van der Waals surface area contributed by atoms with Gasteiger partial charge in [-0.05, 0) is 47.4 Å². The molecule has 3 rings (SSSR count). The molecule has 28 heavy (non-hydrogen) atoms. The molecule has 0 bridgehead atoms. The second-order valence-electron chi connectivity index (χ2n) is 5.89. The first kappa shape index (κ1) is 20.1. The largest absolute Gasteiger partial charge is 0.493 e. The maximum atomic E-state index is 12.1. The van der Waals surface area contributed by atoms with Crippen molar-refractivity contribution in [1.82, 2.24) is 5.32 Å². The average molecular weight is 416 g/mol. The standard InChI is InChI=1S/C21H21NO4S2/c1-25-16-8-5-14(12-17(16)26-2)6-10-20(23)22-13-15-7-9-19(28-15)21(24)18-4-3-11-27-18/h3-12,21,24H,13H2,1-2H3,(H,22,23)/b10-6+. The summed E-state index contributed by atoms with van der Waals surface area (Å²) in [7, 11) is 3.15. The van der Waals surface area contributed by atoms with Crippen molar-refractivity contribution in [2.45, 2.75) is 12.6 Å². The number of methoxy groups -OCH3 is 2. The third-order valence-corrected chi connectivity index (χ3v) is 6.10. The van der Waals surface area contributed by atoms with Gasteiger partial charge in [0.2, 0.25) is 5.91 Å². The third kappa shape index (κ3) is 5.01. The lowest BCUT2D eigenvalue weighted by molar-refractivity contribution is -0.116. The first-order valence-electron chi connectivity index (χ1n) is 8.58. The molecular formula is C21H21NO4S2. The molecule has 1 atom stereocenters. The quantitative estimate of drug-likeness (QED) is 0.540. The van der Waals surface area contributed by atoms with Crippen molar-refractivity contribution >= 4 is 34.7 Å². The van der Waals surface area contributed by atoms with Gasteiger partial charge >= 0.3 is 0 Å². The summed E-state index contributed by atoms with van der Waals surface area (Å²) in [5, 5.41) is 15.2. The predicted octanol–water partition coefficient (Wildman–Crippen LogP) is 4.24. The first-order valence-corrected chi connectivity index (χ1v) is 10.3. The molecule has 0 radical (unpaired) electrons. The van der Waals surface area contributed by atoms with Gasteiger partial charge in [0.15, 0.2) is 11.5 Å². The van der Waals surface area contributed by atoms with Crippen molar-refractivity contribution < 1.29 is 19.4 Å². The van der Waals surface area contributed by atoms with E-state index in [1.54, 1.807) is 32.4 Å². The Balaban J connectivity index is 1.55. The van der Waals surface area contributed by atoms with E-state index in [0.29, 0.717) is 18.0 Å². The number of aliphatic hydroxyl groups is 1. The molecule has 3 aromatic rings. The van der Waals surface area contributed by atoms with E-state index in [1.165, 1.54) is 28.7 Å². The molecule has 0 fully saturated rings. The van der Waals surface area contributed by atoms with Gasteiger partial charge in [0.1, 0.15) is 6.10 Å². The summed E-state index contributed by atoms with van der Waals surface area (Å²) in [5.41, 5.74) is 0.838. The maximum Gasteiger partial charge on any atom is 0.244 e. The zero-order chi connectivity index (χ0) is 19.9. The van der Waals surface area contributed by atoms with Crippen LogP contribution >= 0.6 is 22.7 Å². The van der Waals surface area contributed by atoms with Crippen LogP contribution in [0, 0.1) is 0 Å². The third-order valence-electron chi connectivity index (χ3n) is 4.04. The van der Waals surface area contributed by atoms with Gasteiger partial charge in [0.05, 0.1) is 20.8 Å². The number of hydrogen-bond acceptors (Lipinski definition) is 6. The van der Waals surface area contributed by atoms with Gasteiger partial charge in [0.25, 0.3) is 0 Å². The molecule has 0 aliphatic carbocycles. The van der Waals surface area contributed by atoms with E-state index in [9.17, 15) is 9.90 Å². The number of carbonyl (C=O) groups is 1. The molecule has 0 aliphatic rings. The van der Waals surface area contributed by atoms with Gasteiger partial charge in [-0.15, -0.1) is 22.7 Å². The van der Waals surface area contributed by atoms with Crippen LogP contribution in [-0.2, 0) is 11.3 Å². The normalized spacial score (nSPS) is 12.1. The fraction of sp³-hybridized carbons (Fsp3) is 0.190. The maximum absolute atomic E-state index is 12.1. The molecule has 2 N–H and O–H groups in total. The number of amides is 1. The van der Waals surface area contributed by atoms with Gasteiger partial charge in [-0.3, -0.25) is 4.79 Å². The molecule has 7 heteroatoms. The highest BCUT2D eigenvalue weighted by atomic mass is 32.1. The lowest BCUT2D eigenvalue weighted by Gasteiger charge is -2.07. The van der Waals surface area contributed by atoms with Crippen molar-refractivity contribution in [2.24, 2.45) is 0 Å². The Morgan fingerprint density at radius 2 is 1.96 bits per heavy atom. The number of carbonyl (C=O) groups excluding carboxylic acids is 1. The van der Waals surface area contributed by atoms with E-state index >= 15 is 0 Å². The number of hydrogen-bond donors (Lipinski definition) is 2. The Bertz CT molecular complexity index is 947. The molecule has 1 aromatic carbocycles. The Kier molecular flexibility index (Phi) is 6.86. The number of aliphatic hydroxyl groups excluding tert-OH is 1. The van der Waals surface area contributed by atoms with Crippen LogP contribution in [0.2, 0.25) is 0 Å². The Hall–Kier alpha value is -2.61.